The highest BCUT2D eigenvalue weighted by Crippen LogP contribution is 2.15. The third kappa shape index (κ3) is 5.39. The molecule has 0 N–H and O–H groups in total. The number of likely N-dealkylation sites (N-methyl/N-ethyl adjacent to an activating group) is 1. The van der Waals surface area contributed by atoms with Gasteiger partial charge in [-0.3, -0.25) is 4.99 Å². The number of nitrogens with zero attached hydrogens (tertiary/aromatic N) is 2. The highest BCUT2D eigenvalue weighted by Gasteiger charge is 2.05. The van der Waals surface area contributed by atoms with Gasteiger partial charge < -0.3 is 9.64 Å². The number of rotatable bonds is 8. The van der Waals surface area contributed by atoms with E-state index in [0.717, 1.165) is 23.5 Å². The lowest BCUT2D eigenvalue weighted by atomic mass is 10.2. The number of aliphatic imine (C=N–C) groups is 1. The molecule has 0 aromatic heterocycles. The Bertz CT molecular complexity index is 679. The predicted octanol–water partition coefficient (Wildman–Crippen LogP) is 3.99. The van der Waals surface area contributed by atoms with E-state index in [0.29, 0.717) is 13.2 Å². The zero-order valence-corrected chi connectivity index (χ0v) is 13.9. The van der Waals surface area contributed by atoms with E-state index in [1.807, 2.05) is 60.8 Å². The first-order valence-electron chi connectivity index (χ1n) is 7.96. The van der Waals surface area contributed by atoms with Gasteiger partial charge in [0.1, 0.15) is 6.61 Å². The van der Waals surface area contributed by atoms with Gasteiger partial charge >= 0.3 is 5.97 Å². The van der Waals surface area contributed by atoms with E-state index in [-0.39, 0.29) is 0 Å². The van der Waals surface area contributed by atoms with Crippen LogP contribution in [-0.2, 0) is 9.53 Å². The van der Waals surface area contributed by atoms with Crippen LogP contribution in [-0.4, -0.2) is 31.9 Å². The third-order valence-electron chi connectivity index (χ3n) is 3.53. The fourth-order valence-electron chi connectivity index (χ4n) is 2.22. The van der Waals surface area contributed by atoms with Crippen LogP contribution >= 0.6 is 0 Å². The SMILES string of the molecule is C=CC(=O)OCCN(CC)c1ccc(C=Nc2ccccc2)cc1. The molecule has 2 aromatic rings. The molecule has 4 heteroatoms. The summed E-state index contributed by atoms with van der Waals surface area (Å²) < 4.78 is 5.04. The maximum atomic E-state index is 11.1. The molecule has 24 heavy (non-hydrogen) atoms. The number of hydrogen-bond acceptors (Lipinski definition) is 4. The van der Waals surface area contributed by atoms with Crippen molar-refractivity contribution in [3.05, 3.63) is 72.8 Å². The molecule has 0 aliphatic rings. The van der Waals surface area contributed by atoms with Gasteiger partial charge in [-0.15, -0.1) is 0 Å². The van der Waals surface area contributed by atoms with Crippen LogP contribution in [0.5, 0.6) is 0 Å². The van der Waals surface area contributed by atoms with Crippen molar-refractivity contribution < 1.29 is 9.53 Å². The van der Waals surface area contributed by atoms with Crippen LogP contribution in [0.2, 0.25) is 0 Å². The molecule has 0 saturated carbocycles. The minimum absolute atomic E-state index is 0.343. The summed E-state index contributed by atoms with van der Waals surface area (Å²) in [5.74, 6) is -0.390. The Kier molecular flexibility index (Phi) is 6.77. The standard InChI is InChI=1S/C20H22N2O2/c1-3-20(23)24-15-14-22(4-2)19-12-10-17(11-13-19)16-21-18-8-6-5-7-9-18/h3,5-13,16H,1,4,14-15H2,2H3. The quantitative estimate of drug-likeness (QED) is 0.419. The summed E-state index contributed by atoms with van der Waals surface area (Å²) in [6.45, 7) is 7.28. The highest BCUT2D eigenvalue weighted by molar-refractivity contribution is 5.82. The maximum absolute atomic E-state index is 11.1. The number of benzene rings is 2. The molecule has 0 unspecified atom stereocenters. The number of ether oxygens (including phenoxy) is 1. The van der Waals surface area contributed by atoms with Crippen LogP contribution in [0.4, 0.5) is 11.4 Å². The Balaban J connectivity index is 1.95. The van der Waals surface area contributed by atoms with Crippen molar-refractivity contribution in [2.45, 2.75) is 6.92 Å². The Morgan fingerprint density at radius 3 is 2.50 bits per heavy atom. The van der Waals surface area contributed by atoms with E-state index in [4.69, 9.17) is 4.74 Å². The van der Waals surface area contributed by atoms with Gasteiger partial charge in [0, 0.05) is 24.5 Å². The van der Waals surface area contributed by atoms with Crippen LogP contribution in [0.3, 0.4) is 0 Å². The first kappa shape index (κ1) is 17.5. The number of carbonyl (C=O) groups excluding carboxylic acids is 1. The zero-order valence-electron chi connectivity index (χ0n) is 13.9. The monoisotopic (exact) mass is 322 g/mol. The summed E-state index contributed by atoms with van der Waals surface area (Å²) in [6, 6.07) is 18.0. The molecule has 124 valence electrons. The molecule has 0 saturated heterocycles. The summed E-state index contributed by atoms with van der Waals surface area (Å²) >= 11 is 0. The molecule has 0 radical (unpaired) electrons. The summed E-state index contributed by atoms with van der Waals surface area (Å²) in [6.07, 6.45) is 3.03. The van der Waals surface area contributed by atoms with E-state index in [1.165, 1.54) is 6.08 Å². The molecule has 0 heterocycles. The van der Waals surface area contributed by atoms with Crippen LogP contribution in [0.15, 0.2) is 72.2 Å². The topological polar surface area (TPSA) is 41.9 Å². The largest absolute Gasteiger partial charge is 0.461 e. The molecule has 0 bridgehead atoms. The fraction of sp³-hybridized carbons (Fsp3) is 0.200. The number of carbonyl (C=O) groups is 1. The molecule has 0 aliphatic heterocycles. The van der Waals surface area contributed by atoms with E-state index in [2.05, 4.69) is 23.4 Å². The van der Waals surface area contributed by atoms with Gasteiger partial charge in [-0.2, -0.15) is 0 Å². The smallest absolute Gasteiger partial charge is 0.330 e. The van der Waals surface area contributed by atoms with E-state index >= 15 is 0 Å². The van der Waals surface area contributed by atoms with Crippen molar-refractivity contribution in [2.24, 2.45) is 4.99 Å². The zero-order chi connectivity index (χ0) is 17.2. The van der Waals surface area contributed by atoms with Crippen LogP contribution in [0.1, 0.15) is 12.5 Å². The predicted molar refractivity (Wildman–Crippen MR) is 99.2 cm³/mol. The minimum Gasteiger partial charge on any atom is -0.461 e. The van der Waals surface area contributed by atoms with Gasteiger partial charge in [0.05, 0.1) is 12.2 Å². The molecule has 0 fully saturated rings. The van der Waals surface area contributed by atoms with Crippen molar-refractivity contribution in [2.75, 3.05) is 24.6 Å². The second-order valence-corrected chi connectivity index (χ2v) is 5.14. The third-order valence-corrected chi connectivity index (χ3v) is 3.53. The van der Waals surface area contributed by atoms with Crippen molar-refractivity contribution in [3.63, 3.8) is 0 Å². The molecule has 2 aromatic carbocycles. The maximum Gasteiger partial charge on any atom is 0.330 e. The first-order chi connectivity index (χ1) is 11.7. The van der Waals surface area contributed by atoms with Gasteiger partial charge in [-0.1, -0.05) is 36.9 Å². The number of anilines is 1. The average Bonchev–Trinajstić information content (AvgIpc) is 2.65. The van der Waals surface area contributed by atoms with Gasteiger partial charge in [0.15, 0.2) is 0 Å². The molecule has 4 nitrogen and oxygen atoms in total. The van der Waals surface area contributed by atoms with Crippen LogP contribution in [0, 0.1) is 0 Å². The number of hydrogen-bond donors (Lipinski definition) is 0. The Labute approximate surface area is 143 Å². The lowest BCUT2D eigenvalue weighted by Gasteiger charge is -2.22. The molecular formula is C20H22N2O2. The van der Waals surface area contributed by atoms with Gasteiger partial charge in [-0.05, 0) is 36.8 Å². The fourth-order valence-corrected chi connectivity index (χ4v) is 2.22. The summed E-state index contributed by atoms with van der Waals surface area (Å²) in [5, 5.41) is 0. The van der Waals surface area contributed by atoms with E-state index < -0.39 is 5.97 Å². The Hall–Kier alpha value is -2.88. The van der Waals surface area contributed by atoms with Crippen molar-refractivity contribution >= 4 is 23.6 Å². The highest BCUT2D eigenvalue weighted by atomic mass is 16.5. The molecule has 0 atom stereocenters. The lowest BCUT2D eigenvalue weighted by molar-refractivity contribution is -0.137. The molecule has 2 rings (SSSR count). The first-order valence-corrected chi connectivity index (χ1v) is 7.96. The second-order valence-electron chi connectivity index (χ2n) is 5.14. The van der Waals surface area contributed by atoms with Gasteiger partial charge in [0.2, 0.25) is 0 Å². The van der Waals surface area contributed by atoms with Crippen LogP contribution < -0.4 is 4.90 Å². The normalized spacial score (nSPS) is 10.5. The molecule has 0 spiro atoms. The average molecular weight is 322 g/mol. The van der Waals surface area contributed by atoms with Gasteiger partial charge in [0.25, 0.3) is 0 Å². The van der Waals surface area contributed by atoms with E-state index in [1.54, 1.807) is 0 Å². The second kappa shape index (κ2) is 9.30. The Morgan fingerprint density at radius 2 is 1.88 bits per heavy atom. The molecular weight excluding hydrogens is 300 g/mol. The summed E-state index contributed by atoms with van der Waals surface area (Å²) in [5.41, 5.74) is 3.06. The Morgan fingerprint density at radius 1 is 1.17 bits per heavy atom. The summed E-state index contributed by atoms with van der Waals surface area (Å²) in [4.78, 5) is 17.7. The molecule has 0 aliphatic carbocycles. The minimum atomic E-state index is -0.390. The summed E-state index contributed by atoms with van der Waals surface area (Å²) in [7, 11) is 0. The van der Waals surface area contributed by atoms with Crippen LogP contribution in [0.25, 0.3) is 0 Å². The number of esters is 1. The van der Waals surface area contributed by atoms with Crippen molar-refractivity contribution in [1.29, 1.82) is 0 Å². The van der Waals surface area contributed by atoms with Gasteiger partial charge in [-0.25, -0.2) is 4.79 Å². The molecule has 0 amide bonds. The van der Waals surface area contributed by atoms with E-state index in [9.17, 15) is 4.79 Å². The van der Waals surface area contributed by atoms with Crippen molar-refractivity contribution in [3.8, 4) is 0 Å². The van der Waals surface area contributed by atoms with Crippen molar-refractivity contribution in [1.82, 2.24) is 0 Å². The number of para-hydroxylation sites is 1. The lowest BCUT2D eigenvalue weighted by Crippen LogP contribution is -2.27.